The molecule has 0 aliphatic carbocycles. The van der Waals surface area contributed by atoms with E-state index in [2.05, 4.69) is 31.9 Å². The summed E-state index contributed by atoms with van der Waals surface area (Å²) < 4.78 is 49.5. The number of likely N-dealkylation sites (N-methyl/N-ethyl adjacent to an activating group) is 2. The number of hydrogen-bond donors (Lipinski definition) is 9. The van der Waals surface area contributed by atoms with Gasteiger partial charge in [-0.1, -0.05) is 130 Å². The second kappa shape index (κ2) is 46.1. The molecule has 5 unspecified atom stereocenters. The number of carboxylic acid groups (broad SMARTS) is 2. The molecule has 2 aliphatic rings. The van der Waals surface area contributed by atoms with E-state index < -0.39 is 108 Å². The van der Waals surface area contributed by atoms with Gasteiger partial charge in [0.05, 0.1) is 42.7 Å². The van der Waals surface area contributed by atoms with E-state index in [0.717, 1.165) is 16.0 Å². The number of carbonyl (C=O) groups excluding carboxylic acids is 11. The summed E-state index contributed by atoms with van der Waals surface area (Å²) >= 11 is 0. The molecule has 10 N–H and O–H groups in total. The third kappa shape index (κ3) is 29.6. The fourth-order valence-electron chi connectivity index (χ4n) is 13.4. The molecule has 620 valence electrons. The topological polar surface area (TPSA) is 404 Å². The van der Waals surface area contributed by atoms with Crippen LogP contribution in [0.2, 0.25) is 0 Å². The average molecular weight is 1580 g/mol. The first-order chi connectivity index (χ1) is 52.8. The van der Waals surface area contributed by atoms with Crippen LogP contribution in [0.15, 0.2) is 91.0 Å². The minimum atomic E-state index is -5.08. The molecule has 1 fully saturated rings. The largest absolute Gasteiger partial charge is 0.490 e. The second-order valence-corrected chi connectivity index (χ2v) is 29.4. The lowest BCUT2D eigenvalue weighted by Crippen LogP contribution is -2.60. The number of nitrogens with one attached hydrogen (secondary N) is 6. The number of rotatable bonds is 43. The van der Waals surface area contributed by atoms with Crippen molar-refractivity contribution >= 4 is 88.6 Å². The molecule has 2 heterocycles. The number of primary amides is 1. The van der Waals surface area contributed by atoms with Crippen molar-refractivity contribution in [3.8, 4) is 0 Å². The highest BCUT2D eigenvalue weighted by molar-refractivity contribution is 6.12. The van der Waals surface area contributed by atoms with Gasteiger partial charge in [-0.3, -0.25) is 57.9 Å². The zero-order chi connectivity index (χ0) is 83.9. The molecular formula is C79H115F3N12O18. The van der Waals surface area contributed by atoms with Crippen LogP contribution >= 0.6 is 0 Å². The molecule has 5 rings (SSSR count). The smallest absolute Gasteiger partial charge is 0.480 e. The number of urea groups is 1. The summed E-state index contributed by atoms with van der Waals surface area (Å²) in [5, 5.41) is 33.8. The van der Waals surface area contributed by atoms with Gasteiger partial charge in [0, 0.05) is 90.9 Å². The molecular weight excluding hydrogens is 1460 g/mol. The Labute approximate surface area is 653 Å². The third-order valence-electron chi connectivity index (χ3n) is 20.0. The SMILES string of the molecule is CC[C@H](C)[C@@H]([C@@H](CC(=O)N1CCCC1[C@H](OC)[C@@H](C)C(=O)N[C@@H](Cc1ccccc1)C(=O)O)OC)N(C)C(=O)C(NC(=O)C(C(C)C)N(C)CCc1ccc(N(C)C(=O)OCc2ccc(NC(=O)C(CCCNC(N)=O)NC(=O)C(NC(=O)CCCCCN3C(=O)C=CC3=O)C(C)C)cc2)cc1)C(C)C.O=C(O)C(F)(F)F. The van der Waals surface area contributed by atoms with Crippen molar-refractivity contribution in [2.24, 2.45) is 35.3 Å². The van der Waals surface area contributed by atoms with E-state index in [0.29, 0.717) is 75.0 Å². The minimum absolute atomic E-state index is 0.0868. The van der Waals surface area contributed by atoms with Crippen molar-refractivity contribution in [1.82, 2.24) is 46.2 Å². The summed E-state index contributed by atoms with van der Waals surface area (Å²) in [7, 11) is 8.12. The molecule has 3 aromatic carbocycles. The number of alkyl halides is 3. The molecule has 0 aromatic heterocycles. The number of benzene rings is 3. The van der Waals surface area contributed by atoms with Gasteiger partial charge in [-0.15, -0.1) is 0 Å². The van der Waals surface area contributed by atoms with Crippen LogP contribution in [0.1, 0.15) is 143 Å². The lowest BCUT2D eigenvalue weighted by Gasteiger charge is -2.41. The maximum atomic E-state index is 14.9. The molecule has 11 atom stereocenters. The zero-order valence-corrected chi connectivity index (χ0v) is 66.6. The van der Waals surface area contributed by atoms with Gasteiger partial charge in [-0.25, -0.2) is 19.2 Å². The zero-order valence-electron chi connectivity index (χ0n) is 66.6. The molecule has 33 heteroatoms. The number of hydrogen-bond acceptors (Lipinski definition) is 17. The summed E-state index contributed by atoms with van der Waals surface area (Å²) in [5.41, 5.74) is 8.49. The summed E-state index contributed by atoms with van der Waals surface area (Å²) in [6.07, 6.45) is -0.372. The van der Waals surface area contributed by atoms with Gasteiger partial charge in [-0.05, 0) is 117 Å². The maximum absolute atomic E-state index is 14.9. The highest BCUT2D eigenvalue weighted by Gasteiger charge is 2.44. The number of unbranched alkanes of at least 4 members (excludes halogenated alkanes) is 2. The number of ether oxygens (including phenoxy) is 3. The van der Waals surface area contributed by atoms with Crippen LogP contribution in [0, 0.1) is 29.6 Å². The molecule has 2 aliphatic heterocycles. The second-order valence-electron chi connectivity index (χ2n) is 29.4. The number of nitrogens with zero attached hydrogens (tertiary/aromatic N) is 5. The molecule has 0 bridgehead atoms. The standard InChI is InChI=1S/C77H114N12O16.C2HF3O2/c1-15-50(8)68(60(103-13)45-64(93)88-42-23-27-59(88)69(104-14)51(9)70(94)82-58(75(99)100)44-53-24-18-16-19-25-53)87(12)74(98)66(48(4)5)84-73(97)67(49(6)7)85(10)43-39-52-31-35-56(36-32-52)86(11)77(102)105-46-54-29-33-55(34-30-54)80-71(95)57(26-22-40-79-76(78)101)81-72(96)65(47(2)3)83-61(90)28-20-17-21-41-89-62(91)37-38-63(89)92;3-2(4,5)1(6)7/h16,18-19,24-25,29-38,47-51,57-60,65-69H,15,17,20-23,26-28,39-46H2,1-14H3,(H,80,95)(H,81,96)(H,82,94)(H,83,90)(H,84,97)(H,99,100)(H3,78,79,101);(H,6,7)/t50-,51+,57?,58-,59?,60+,65?,66?,67?,68-,69+;/m0./s1. The average Bonchev–Trinajstić information content (AvgIpc) is 1.73. The Bertz CT molecular complexity index is 3640. The number of anilines is 2. The van der Waals surface area contributed by atoms with Gasteiger partial charge in [0.1, 0.15) is 30.8 Å². The first kappa shape index (κ1) is 94.4. The monoisotopic (exact) mass is 1580 g/mol. The third-order valence-corrected chi connectivity index (χ3v) is 20.0. The number of aliphatic carboxylic acids is 2. The van der Waals surface area contributed by atoms with Crippen LogP contribution in [-0.2, 0) is 86.4 Å². The van der Waals surface area contributed by atoms with Gasteiger partial charge < -0.3 is 71.9 Å². The minimum Gasteiger partial charge on any atom is -0.480 e. The molecule has 1 saturated heterocycles. The van der Waals surface area contributed by atoms with E-state index in [-0.39, 0.29) is 111 Å². The highest BCUT2D eigenvalue weighted by atomic mass is 19.4. The Hall–Kier alpha value is -10.0. The predicted octanol–water partition coefficient (Wildman–Crippen LogP) is 6.96. The predicted molar refractivity (Wildman–Crippen MR) is 411 cm³/mol. The summed E-state index contributed by atoms with van der Waals surface area (Å²) in [5.74, 6) is -9.39. The quantitative estimate of drug-likeness (QED) is 0.0204. The van der Waals surface area contributed by atoms with Crippen LogP contribution in [0.4, 0.5) is 34.1 Å². The van der Waals surface area contributed by atoms with Gasteiger partial charge in [0.15, 0.2) is 0 Å². The van der Waals surface area contributed by atoms with E-state index in [1.807, 2.05) is 71.7 Å². The Balaban J connectivity index is 0.00000359. The van der Waals surface area contributed by atoms with E-state index in [1.165, 1.54) is 31.3 Å². The lowest BCUT2D eigenvalue weighted by molar-refractivity contribution is -0.192. The Morgan fingerprint density at radius 3 is 1.82 bits per heavy atom. The van der Waals surface area contributed by atoms with E-state index >= 15 is 0 Å². The van der Waals surface area contributed by atoms with Gasteiger partial charge in [-0.2, -0.15) is 13.2 Å². The molecule has 3 aromatic rings. The van der Waals surface area contributed by atoms with Gasteiger partial charge in [0.25, 0.3) is 11.8 Å². The number of carbonyl (C=O) groups is 13. The summed E-state index contributed by atoms with van der Waals surface area (Å²) in [4.78, 5) is 176. The normalized spacial score (nSPS) is 16.2. The number of methoxy groups -OCH3 is 2. The van der Waals surface area contributed by atoms with E-state index in [1.54, 1.807) is 105 Å². The van der Waals surface area contributed by atoms with Crippen LogP contribution in [-0.4, -0.2) is 229 Å². The van der Waals surface area contributed by atoms with Gasteiger partial charge >= 0.3 is 30.2 Å². The van der Waals surface area contributed by atoms with Crippen molar-refractivity contribution in [2.75, 3.05) is 71.8 Å². The Morgan fingerprint density at radius 2 is 1.28 bits per heavy atom. The van der Waals surface area contributed by atoms with Crippen molar-refractivity contribution in [2.45, 2.75) is 207 Å². The number of amides is 12. The molecule has 112 heavy (non-hydrogen) atoms. The van der Waals surface area contributed by atoms with Crippen LogP contribution in [0.3, 0.4) is 0 Å². The van der Waals surface area contributed by atoms with Crippen LogP contribution in [0.25, 0.3) is 0 Å². The van der Waals surface area contributed by atoms with Crippen LogP contribution < -0.4 is 42.5 Å². The van der Waals surface area contributed by atoms with E-state index in [9.17, 15) is 75.8 Å². The number of halogens is 3. The van der Waals surface area contributed by atoms with Crippen LogP contribution in [0.5, 0.6) is 0 Å². The van der Waals surface area contributed by atoms with Crippen molar-refractivity contribution in [1.29, 1.82) is 0 Å². The molecule has 0 spiro atoms. The lowest BCUT2D eigenvalue weighted by atomic mass is 9.89. The fourth-order valence-corrected chi connectivity index (χ4v) is 13.4. The Kier molecular flexibility index (Phi) is 38.8. The molecule has 12 amide bonds. The van der Waals surface area contributed by atoms with E-state index in [4.69, 9.17) is 29.8 Å². The molecule has 0 radical (unpaired) electrons. The Morgan fingerprint density at radius 1 is 0.679 bits per heavy atom. The number of imide groups is 1. The number of likely N-dealkylation sites (tertiary alicyclic amines) is 1. The first-order valence-corrected chi connectivity index (χ1v) is 37.8. The highest BCUT2D eigenvalue weighted by Crippen LogP contribution is 2.31. The molecule has 0 saturated carbocycles. The fraction of sp³-hybridized carbons (Fsp3) is 0.582. The first-order valence-electron chi connectivity index (χ1n) is 37.8. The van der Waals surface area contributed by atoms with Gasteiger partial charge in [0.2, 0.25) is 41.4 Å². The molecule has 30 nitrogen and oxygen atoms in total. The number of nitrogens with two attached hydrogens (primary N) is 1. The van der Waals surface area contributed by atoms with Crippen molar-refractivity contribution in [3.05, 3.63) is 108 Å². The van der Waals surface area contributed by atoms with Crippen molar-refractivity contribution < 1.29 is 99.9 Å². The maximum Gasteiger partial charge on any atom is 0.490 e. The van der Waals surface area contributed by atoms with Crippen molar-refractivity contribution in [3.63, 3.8) is 0 Å². The summed E-state index contributed by atoms with van der Waals surface area (Å²) in [6, 6.07) is 16.4. The summed E-state index contributed by atoms with van der Waals surface area (Å²) in [6.45, 7) is 18.0. The number of carboxylic acids is 2.